The summed E-state index contributed by atoms with van der Waals surface area (Å²) in [4.78, 5) is 23.2. The average Bonchev–Trinajstić information content (AvgIpc) is 3.13. The number of hydrogen-bond acceptors (Lipinski definition) is 4. The number of aromatic nitrogens is 2. The first-order valence-electron chi connectivity index (χ1n) is 9.04. The van der Waals surface area contributed by atoms with E-state index in [1.807, 2.05) is 49.7 Å². The van der Waals surface area contributed by atoms with Crippen LogP contribution >= 0.6 is 11.3 Å². The predicted octanol–water partition coefficient (Wildman–Crippen LogP) is 4.98. The summed E-state index contributed by atoms with van der Waals surface area (Å²) in [5.41, 5.74) is 2.81. The van der Waals surface area contributed by atoms with Crippen LogP contribution in [0.5, 0.6) is 0 Å². The molecule has 1 atom stereocenters. The van der Waals surface area contributed by atoms with Crippen molar-refractivity contribution in [3.05, 3.63) is 87.5 Å². The molecule has 0 radical (unpaired) electrons. The van der Waals surface area contributed by atoms with E-state index in [1.165, 1.54) is 23.5 Å². The van der Waals surface area contributed by atoms with E-state index in [2.05, 4.69) is 14.9 Å². The second-order valence-electron chi connectivity index (χ2n) is 6.85. The standard InChI is InChI=1S/C22H20FN3OS/c1-14(15-8-10-17(23)11-9-15)26(2)12-19-24-21(27)20-18(13-28-22(20)25-19)16-6-4-3-5-7-16/h3-11,13-14H,12H2,1-2H3,(H,24,25,27). The summed E-state index contributed by atoms with van der Waals surface area (Å²) in [5, 5.41) is 2.62. The van der Waals surface area contributed by atoms with E-state index in [-0.39, 0.29) is 17.4 Å². The van der Waals surface area contributed by atoms with Crippen LogP contribution in [-0.2, 0) is 6.54 Å². The first kappa shape index (κ1) is 18.5. The maximum absolute atomic E-state index is 13.2. The Morgan fingerprint density at radius 2 is 1.86 bits per heavy atom. The van der Waals surface area contributed by atoms with Crippen LogP contribution in [0.1, 0.15) is 24.4 Å². The molecule has 4 rings (SSSR count). The second kappa shape index (κ2) is 7.66. The first-order valence-corrected chi connectivity index (χ1v) is 9.92. The molecule has 1 N–H and O–H groups in total. The number of nitrogens with zero attached hydrogens (tertiary/aromatic N) is 2. The SMILES string of the molecule is CC(c1ccc(F)cc1)N(C)Cc1nc2scc(-c3ccccc3)c2c(=O)[nH]1. The van der Waals surface area contributed by atoms with Crippen LogP contribution in [0.4, 0.5) is 4.39 Å². The summed E-state index contributed by atoms with van der Waals surface area (Å²) in [7, 11) is 1.96. The van der Waals surface area contributed by atoms with Crippen LogP contribution in [0, 0.1) is 5.82 Å². The third-order valence-corrected chi connectivity index (χ3v) is 5.86. The number of rotatable bonds is 5. The summed E-state index contributed by atoms with van der Waals surface area (Å²) in [5.74, 6) is 0.373. The molecule has 6 heteroatoms. The van der Waals surface area contributed by atoms with Gasteiger partial charge in [0.05, 0.1) is 11.9 Å². The zero-order valence-corrected chi connectivity index (χ0v) is 16.5. The van der Waals surface area contributed by atoms with E-state index in [0.29, 0.717) is 17.8 Å². The van der Waals surface area contributed by atoms with E-state index < -0.39 is 0 Å². The molecule has 142 valence electrons. The third-order valence-electron chi connectivity index (χ3n) is 4.99. The van der Waals surface area contributed by atoms with Crippen molar-refractivity contribution in [2.75, 3.05) is 7.05 Å². The average molecular weight is 393 g/mol. The highest BCUT2D eigenvalue weighted by Crippen LogP contribution is 2.30. The Hall–Kier alpha value is -2.83. The second-order valence-corrected chi connectivity index (χ2v) is 7.71. The molecule has 2 heterocycles. The number of nitrogens with one attached hydrogen (secondary N) is 1. The van der Waals surface area contributed by atoms with Crippen LogP contribution in [0.3, 0.4) is 0 Å². The zero-order valence-electron chi connectivity index (χ0n) is 15.6. The largest absolute Gasteiger partial charge is 0.309 e. The molecule has 2 aromatic carbocycles. The van der Waals surface area contributed by atoms with Crippen molar-refractivity contribution >= 4 is 21.6 Å². The third kappa shape index (κ3) is 3.61. The Labute approximate surface area is 166 Å². The van der Waals surface area contributed by atoms with Gasteiger partial charge >= 0.3 is 0 Å². The fraction of sp³-hybridized carbons (Fsp3) is 0.182. The number of hydrogen-bond donors (Lipinski definition) is 1. The summed E-state index contributed by atoms with van der Waals surface area (Å²) < 4.78 is 13.2. The number of thiophene rings is 1. The van der Waals surface area contributed by atoms with Gasteiger partial charge in [0.15, 0.2) is 0 Å². The normalized spacial score (nSPS) is 12.6. The van der Waals surface area contributed by atoms with Gasteiger partial charge in [0.1, 0.15) is 16.5 Å². The molecule has 0 saturated carbocycles. The molecule has 0 fully saturated rings. The van der Waals surface area contributed by atoms with Gasteiger partial charge in [-0.2, -0.15) is 0 Å². The molecule has 0 aliphatic heterocycles. The van der Waals surface area contributed by atoms with Gasteiger partial charge < -0.3 is 4.98 Å². The molecule has 0 saturated heterocycles. The lowest BCUT2D eigenvalue weighted by atomic mass is 10.1. The monoisotopic (exact) mass is 393 g/mol. The van der Waals surface area contributed by atoms with Gasteiger partial charge in [-0.15, -0.1) is 11.3 Å². The quantitative estimate of drug-likeness (QED) is 0.520. The fourth-order valence-electron chi connectivity index (χ4n) is 3.27. The molecular formula is C22H20FN3OS. The number of benzene rings is 2. The van der Waals surface area contributed by atoms with E-state index in [4.69, 9.17) is 0 Å². The zero-order chi connectivity index (χ0) is 19.7. The number of fused-ring (bicyclic) bond motifs is 1. The maximum atomic E-state index is 13.2. The van der Waals surface area contributed by atoms with Crippen LogP contribution < -0.4 is 5.56 Å². The van der Waals surface area contributed by atoms with Gasteiger partial charge in [0.2, 0.25) is 0 Å². The molecule has 4 aromatic rings. The van der Waals surface area contributed by atoms with Crippen molar-refractivity contribution in [1.82, 2.24) is 14.9 Å². The topological polar surface area (TPSA) is 49.0 Å². The lowest BCUT2D eigenvalue weighted by Crippen LogP contribution is -2.24. The summed E-state index contributed by atoms with van der Waals surface area (Å²) in [6, 6.07) is 16.4. The minimum atomic E-state index is -0.248. The van der Waals surface area contributed by atoms with E-state index in [0.717, 1.165) is 21.5 Å². The minimum absolute atomic E-state index is 0.0600. The van der Waals surface area contributed by atoms with E-state index >= 15 is 0 Å². The van der Waals surface area contributed by atoms with Crippen LogP contribution in [0.2, 0.25) is 0 Å². The molecule has 0 aliphatic rings. The van der Waals surface area contributed by atoms with Gasteiger partial charge in [-0.05, 0) is 37.2 Å². The van der Waals surface area contributed by atoms with Gasteiger partial charge in [-0.1, -0.05) is 42.5 Å². The Balaban J connectivity index is 1.61. The molecule has 0 bridgehead atoms. The van der Waals surface area contributed by atoms with Crippen molar-refractivity contribution in [2.45, 2.75) is 19.5 Å². The van der Waals surface area contributed by atoms with Gasteiger partial charge in [-0.25, -0.2) is 9.37 Å². The predicted molar refractivity (Wildman–Crippen MR) is 112 cm³/mol. The highest BCUT2D eigenvalue weighted by Gasteiger charge is 2.16. The summed E-state index contributed by atoms with van der Waals surface area (Å²) in [6.45, 7) is 2.53. The molecule has 0 spiro atoms. The number of H-pyrrole nitrogens is 1. The van der Waals surface area contributed by atoms with E-state index in [1.54, 1.807) is 12.1 Å². The molecular weight excluding hydrogens is 373 g/mol. The van der Waals surface area contributed by atoms with Gasteiger partial charge in [-0.3, -0.25) is 9.69 Å². The fourth-order valence-corrected chi connectivity index (χ4v) is 4.23. The van der Waals surface area contributed by atoms with Crippen LogP contribution in [0.15, 0.2) is 64.8 Å². The molecule has 28 heavy (non-hydrogen) atoms. The van der Waals surface area contributed by atoms with Gasteiger partial charge in [0.25, 0.3) is 5.56 Å². The Morgan fingerprint density at radius 1 is 1.14 bits per heavy atom. The molecule has 0 amide bonds. The summed E-state index contributed by atoms with van der Waals surface area (Å²) >= 11 is 1.48. The highest BCUT2D eigenvalue weighted by molar-refractivity contribution is 7.17. The minimum Gasteiger partial charge on any atom is -0.309 e. The smallest absolute Gasteiger partial charge is 0.260 e. The summed E-state index contributed by atoms with van der Waals surface area (Å²) in [6.07, 6.45) is 0. The molecule has 2 aromatic heterocycles. The molecule has 1 unspecified atom stereocenters. The molecule has 4 nitrogen and oxygen atoms in total. The highest BCUT2D eigenvalue weighted by atomic mass is 32.1. The lowest BCUT2D eigenvalue weighted by molar-refractivity contribution is 0.247. The van der Waals surface area contributed by atoms with Crippen molar-refractivity contribution in [3.8, 4) is 11.1 Å². The van der Waals surface area contributed by atoms with Crippen LogP contribution in [-0.4, -0.2) is 21.9 Å². The Morgan fingerprint density at radius 3 is 2.57 bits per heavy atom. The van der Waals surface area contributed by atoms with Crippen molar-refractivity contribution in [3.63, 3.8) is 0 Å². The van der Waals surface area contributed by atoms with Crippen molar-refractivity contribution in [2.24, 2.45) is 0 Å². The maximum Gasteiger partial charge on any atom is 0.260 e. The van der Waals surface area contributed by atoms with E-state index in [9.17, 15) is 9.18 Å². The van der Waals surface area contributed by atoms with Gasteiger partial charge in [0, 0.05) is 17.0 Å². The van der Waals surface area contributed by atoms with Crippen LogP contribution in [0.25, 0.3) is 21.3 Å². The number of aromatic amines is 1. The van der Waals surface area contributed by atoms with Crippen molar-refractivity contribution < 1.29 is 4.39 Å². The first-order chi connectivity index (χ1) is 13.5. The lowest BCUT2D eigenvalue weighted by Gasteiger charge is -2.24. The van der Waals surface area contributed by atoms with Crippen molar-refractivity contribution in [1.29, 1.82) is 0 Å². The Bertz CT molecular complexity index is 1150. The molecule has 0 aliphatic carbocycles. The number of halogens is 1. The Kier molecular flexibility index (Phi) is 5.07.